The molecule has 36 heavy (non-hydrogen) atoms. The van der Waals surface area contributed by atoms with Crippen molar-refractivity contribution >= 4 is 43.5 Å². The molecule has 5 atom stereocenters. The molecular weight excluding hydrogens is 554 g/mol. The molecule has 6 N–H and O–H groups in total. The van der Waals surface area contributed by atoms with Crippen molar-refractivity contribution in [3.05, 3.63) is 16.9 Å². The fraction of sp³-hybridized carbons (Fsp3) is 0.588. The van der Waals surface area contributed by atoms with Gasteiger partial charge in [-0.05, 0) is 0 Å². The fourth-order valence-electron chi connectivity index (χ4n) is 3.97. The summed E-state index contributed by atoms with van der Waals surface area (Å²) < 4.78 is 60.7. The van der Waals surface area contributed by atoms with Gasteiger partial charge in [0.2, 0.25) is 0 Å². The highest BCUT2D eigenvalue weighted by Crippen LogP contribution is 2.55. The topological polar surface area (TPSA) is 220 Å². The minimum atomic E-state index is -4.88. The Morgan fingerprint density at radius 1 is 1.31 bits per heavy atom. The van der Waals surface area contributed by atoms with Crippen molar-refractivity contribution in [2.75, 3.05) is 17.8 Å². The van der Waals surface area contributed by atoms with Crippen molar-refractivity contribution in [2.24, 2.45) is 0 Å². The summed E-state index contributed by atoms with van der Waals surface area (Å²) >= 11 is 6.13. The summed E-state index contributed by atoms with van der Waals surface area (Å²) in [6.45, 7) is -0.808. The summed E-state index contributed by atoms with van der Waals surface area (Å²) in [5.41, 5.74) is -0.0348. The molecule has 14 nitrogen and oxygen atoms in total. The zero-order valence-electron chi connectivity index (χ0n) is 18.0. The number of aliphatic hydroxyl groups is 2. The maximum absolute atomic E-state index is 13.3. The van der Waals surface area contributed by atoms with Crippen LogP contribution in [0.3, 0.4) is 0 Å². The van der Waals surface area contributed by atoms with Crippen LogP contribution in [0.1, 0.15) is 24.6 Å². The molecule has 3 heterocycles. The monoisotopic (exact) mass is 573 g/mol. The van der Waals surface area contributed by atoms with E-state index in [4.69, 9.17) is 26.1 Å². The Hall–Kier alpha value is -1.76. The van der Waals surface area contributed by atoms with Gasteiger partial charge in [0.05, 0.1) is 23.9 Å². The first kappa shape index (κ1) is 27.3. The summed E-state index contributed by atoms with van der Waals surface area (Å²) in [7, 11) is -9.64. The van der Waals surface area contributed by atoms with Crippen molar-refractivity contribution in [2.45, 2.75) is 49.3 Å². The lowest BCUT2D eigenvalue weighted by Gasteiger charge is -2.36. The number of anilines is 1. The highest BCUT2D eigenvalue weighted by molar-refractivity contribution is 7.70. The lowest BCUT2D eigenvalue weighted by molar-refractivity contribution is -0.0793. The number of nitrogens with one attached hydrogen (secondary N) is 1. The number of hydrogen-bond acceptors (Lipinski definition) is 10. The molecule has 2 aromatic rings. The van der Waals surface area contributed by atoms with Crippen LogP contribution in [0, 0.1) is 11.3 Å². The first-order valence-corrected chi connectivity index (χ1v) is 14.2. The van der Waals surface area contributed by atoms with Crippen LogP contribution < -0.4 is 5.32 Å². The summed E-state index contributed by atoms with van der Waals surface area (Å²) in [6, 6.07) is 1.21. The first-order chi connectivity index (χ1) is 16.6. The van der Waals surface area contributed by atoms with Crippen molar-refractivity contribution in [3.8, 4) is 6.07 Å². The Bertz CT molecular complexity index is 1310. The van der Waals surface area contributed by atoms with Crippen LogP contribution in [0.25, 0.3) is 11.0 Å². The van der Waals surface area contributed by atoms with Crippen molar-refractivity contribution in [3.63, 3.8) is 0 Å². The minimum absolute atomic E-state index is 0.0280. The number of ether oxygens (including phenoxy) is 1. The van der Waals surface area contributed by atoms with Gasteiger partial charge < -0.3 is 39.5 Å². The van der Waals surface area contributed by atoms with Gasteiger partial charge in [-0.3, -0.25) is 9.13 Å². The predicted molar refractivity (Wildman–Crippen MR) is 117 cm³/mol. The van der Waals surface area contributed by atoms with E-state index in [0.717, 1.165) is 4.68 Å². The molecule has 0 radical (unpaired) electrons. The van der Waals surface area contributed by atoms with E-state index in [9.17, 15) is 38.3 Å². The Morgan fingerprint density at radius 3 is 2.56 bits per heavy atom. The Balaban J connectivity index is 1.58. The summed E-state index contributed by atoms with van der Waals surface area (Å²) in [5, 5.41) is 37.2. The smallest absolute Gasteiger partial charge is 0.340 e. The molecule has 1 unspecified atom stereocenters. The Labute approximate surface area is 206 Å². The summed E-state index contributed by atoms with van der Waals surface area (Å²) in [5.74, 6) is -4.28. The van der Waals surface area contributed by atoms with Crippen molar-refractivity contribution in [1.82, 2.24) is 14.8 Å². The predicted octanol–water partition coefficient (Wildman–Crippen LogP) is 1.12. The van der Waals surface area contributed by atoms with Gasteiger partial charge in [-0.15, -0.1) is 0 Å². The fourth-order valence-corrected chi connectivity index (χ4v) is 6.75. The standard InChI is InChI=1S/C17H20ClF2N5O9P2/c18-14-8(3-21)11(23-7-1-17(19,20)2-7)9-4-22-25(15(9)24-14)16-13(27)12(26)10(34-16)5-33-36(31,32)6-35(28,29)30/h4,7,10,12-13,16,26-27H,1-2,5-6H2,(H,23,24)(H,31,32)(H2,28,29,30)/t10-,12-,13-,16-/m1/s1. The third kappa shape index (κ3) is 5.56. The maximum Gasteiger partial charge on any atom is 0.340 e. The largest absolute Gasteiger partial charge is 0.387 e. The van der Waals surface area contributed by atoms with Gasteiger partial charge in [0.1, 0.15) is 29.9 Å². The van der Waals surface area contributed by atoms with Gasteiger partial charge in [-0.2, -0.15) is 10.4 Å². The van der Waals surface area contributed by atoms with E-state index in [1.807, 2.05) is 6.07 Å². The number of halogens is 3. The van der Waals surface area contributed by atoms with Crippen LogP contribution in [0.2, 0.25) is 5.15 Å². The van der Waals surface area contributed by atoms with E-state index in [-0.39, 0.29) is 27.4 Å². The molecule has 2 aromatic heterocycles. The average molecular weight is 574 g/mol. The molecule has 1 saturated heterocycles. The Kier molecular flexibility index (Phi) is 7.21. The molecule has 198 valence electrons. The number of fused-ring (bicyclic) bond motifs is 1. The molecule has 0 aromatic carbocycles. The molecule has 0 spiro atoms. The SMILES string of the molecule is N#Cc1c(Cl)nc2c(cnn2[C@@H]2O[C@H](COP(=O)(O)CP(=O)(O)O)[C@@H](O)[C@H]2O)c1NC1CC(F)(F)C1. The number of pyridine rings is 1. The quantitative estimate of drug-likeness (QED) is 0.193. The van der Waals surface area contributed by atoms with E-state index in [2.05, 4.69) is 19.9 Å². The molecule has 0 amide bonds. The highest BCUT2D eigenvalue weighted by atomic mass is 35.5. The zero-order chi connectivity index (χ0) is 26.6. The minimum Gasteiger partial charge on any atom is -0.387 e. The number of aromatic nitrogens is 3. The third-order valence-corrected chi connectivity index (χ3v) is 9.36. The number of hydrogen-bond donors (Lipinski definition) is 6. The number of nitriles is 1. The number of nitrogens with zero attached hydrogens (tertiary/aromatic N) is 4. The second-order valence-corrected chi connectivity index (χ2v) is 12.8. The molecule has 2 aliphatic rings. The van der Waals surface area contributed by atoms with Crippen LogP contribution in [0.15, 0.2) is 6.20 Å². The first-order valence-electron chi connectivity index (χ1n) is 10.2. The van der Waals surface area contributed by atoms with E-state index in [0.29, 0.717) is 0 Å². The molecule has 19 heteroatoms. The van der Waals surface area contributed by atoms with E-state index in [1.165, 1.54) is 6.20 Å². The lowest BCUT2D eigenvalue weighted by Crippen LogP contribution is -2.44. The van der Waals surface area contributed by atoms with Crippen LogP contribution >= 0.6 is 26.8 Å². The molecular formula is C17H20ClF2N5O9P2. The van der Waals surface area contributed by atoms with Gasteiger partial charge in [0.15, 0.2) is 22.9 Å². The van der Waals surface area contributed by atoms with Gasteiger partial charge in [-0.25, -0.2) is 18.4 Å². The number of aliphatic hydroxyl groups excluding tert-OH is 2. The summed E-state index contributed by atoms with van der Waals surface area (Å²) in [6.07, 6.45) is -5.86. The van der Waals surface area contributed by atoms with Crippen LogP contribution in [-0.2, 0) is 18.4 Å². The molecule has 0 bridgehead atoms. The van der Waals surface area contributed by atoms with Gasteiger partial charge >= 0.3 is 15.2 Å². The highest BCUT2D eigenvalue weighted by Gasteiger charge is 2.47. The molecule has 1 aliphatic carbocycles. The number of alkyl halides is 2. The maximum atomic E-state index is 13.3. The lowest BCUT2D eigenvalue weighted by atomic mass is 9.88. The van der Waals surface area contributed by atoms with Crippen LogP contribution in [0.4, 0.5) is 14.5 Å². The van der Waals surface area contributed by atoms with E-state index >= 15 is 0 Å². The zero-order valence-corrected chi connectivity index (χ0v) is 20.5. The van der Waals surface area contributed by atoms with E-state index < -0.39 is 77.0 Å². The van der Waals surface area contributed by atoms with Crippen molar-refractivity contribution in [1.29, 1.82) is 5.26 Å². The number of rotatable bonds is 8. The van der Waals surface area contributed by atoms with E-state index in [1.54, 1.807) is 0 Å². The molecule has 4 rings (SSSR count). The Morgan fingerprint density at radius 2 is 1.97 bits per heavy atom. The van der Waals surface area contributed by atoms with Crippen LogP contribution in [0.5, 0.6) is 0 Å². The average Bonchev–Trinajstić information content (AvgIpc) is 3.24. The normalized spacial score (nSPS) is 28.0. The van der Waals surface area contributed by atoms with Crippen molar-refractivity contribution < 1.29 is 52.1 Å². The second-order valence-electron chi connectivity index (χ2n) is 8.48. The third-order valence-electron chi connectivity index (χ3n) is 5.63. The van der Waals surface area contributed by atoms with Crippen LogP contribution in [-0.4, -0.2) is 82.4 Å². The van der Waals surface area contributed by atoms with Gasteiger partial charge in [-0.1, -0.05) is 11.6 Å². The molecule has 2 fully saturated rings. The molecule has 1 aliphatic heterocycles. The van der Waals surface area contributed by atoms with Gasteiger partial charge in [0.25, 0.3) is 5.92 Å². The summed E-state index contributed by atoms with van der Waals surface area (Å²) in [4.78, 5) is 31.4. The van der Waals surface area contributed by atoms with Gasteiger partial charge in [0, 0.05) is 18.9 Å². The second kappa shape index (κ2) is 9.52. The molecule has 1 saturated carbocycles.